The zero-order valence-electron chi connectivity index (χ0n) is 12.7. The quantitative estimate of drug-likeness (QED) is 0.710. The lowest BCUT2D eigenvalue weighted by molar-refractivity contribution is 0.467. The highest BCUT2D eigenvalue weighted by atomic mass is 35.5. The summed E-state index contributed by atoms with van der Waals surface area (Å²) >= 11 is 6.33. The molecule has 1 N–H and O–H groups in total. The number of ether oxygens (including phenoxy) is 1. The summed E-state index contributed by atoms with van der Waals surface area (Å²) in [4.78, 5) is 0. The summed E-state index contributed by atoms with van der Waals surface area (Å²) < 4.78 is 6.12. The van der Waals surface area contributed by atoms with Gasteiger partial charge in [-0.2, -0.15) is 0 Å². The zero-order chi connectivity index (χ0) is 15.1. The Morgan fingerprint density at radius 2 is 1.76 bits per heavy atom. The minimum absolute atomic E-state index is 0.719. The van der Waals surface area contributed by atoms with Crippen molar-refractivity contribution in [3.63, 3.8) is 0 Å². The number of aryl methyl sites for hydroxylation is 1. The Hall–Kier alpha value is -1.51. The Morgan fingerprint density at radius 1 is 1.00 bits per heavy atom. The van der Waals surface area contributed by atoms with E-state index in [0.717, 1.165) is 48.0 Å². The lowest BCUT2D eigenvalue weighted by Gasteiger charge is -2.15. The summed E-state index contributed by atoms with van der Waals surface area (Å²) in [6, 6.07) is 13.9. The van der Waals surface area contributed by atoms with Crippen LogP contribution in [0.1, 0.15) is 31.4 Å². The predicted molar refractivity (Wildman–Crippen MR) is 89.3 cm³/mol. The molecular formula is C18H22ClNO. The van der Waals surface area contributed by atoms with Crippen molar-refractivity contribution in [2.24, 2.45) is 0 Å². The number of hydrogen-bond acceptors (Lipinski definition) is 2. The van der Waals surface area contributed by atoms with Gasteiger partial charge in [0.2, 0.25) is 0 Å². The average Bonchev–Trinajstić information content (AvgIpc) is 2.50. The van der Waals surface area contributed by atoms with Gasteiger partial charge in [0.15, 0.2) is 0 Å². The maximum absolute atomic E-state index is 6.33. The molecule has 0 amide bonds. The van der Waals surface area contributed by atoms with Crippen molar-refractivity contribution in [1.29, 1.82) is 0 Å². The molecule has 2 aromatic carbocycles. The second-order valence-corrected chi connectivity index (χ2v) is 5.36. The van der Waals surface area contributed by atoms with Gasteiger partial charge in [-0.1, -0.05) is 49.7 Å². The van der Waals surface area contributed by atoms with Gasteiger partial charge in [0.25, 0.3) is 0 Å². The van der Waals surface area contributed by atoms with Crippen LogP contribution >= 0.6 is 11.6 Å². The van der Waals surface area contributed by atoms with Crippen molar-refractivity contribution >= 4 is 11.6 Å². The van der Waals surface area contributed by atoms with E-state index in [4.69, 9.17) is 16.3 Å². The Kier molecular flexibility index (Phi) is 6.09. The molecule has 3 heteroatoms. The molecule has 0 aliphatic carbocycles. The molecule has 0 atom stereocenters. The van der Waals surface area contributed by atoms with E-state index < -0.39 is 0 Å². The summed E-state index contributed by atoms with van der Waals surface area (Å²) in [5, 5.41) is 4.12. The molecule has 2 aromatic rings. The minimum Gasteiger partial charge on any atom is -0.457 e. The van der Waals surface area contributed by atoms with E-state index >= 15 is 0 Å². The van der Waals surface area contributed by atoms with Crippen molar-refractivity contribution in [1.82, 2.24) is 5.32 Å². The Labute approximate surface area is 132 Å². The van der Waals surface area contributed by atoms with Crippen LogP contribution in [0.2, 0.25) is 5.02 Å². The van der Waals surface area contributed by atoms with Gasteiger partial charge in [0, 0.05) is 17.1 Å². The van der Waals surface area contributed by atoms with Gasteiger partial charge in [-0.15, -0.1) is 0 Å². The van der Waals surface area contributed by atoms with Gasteiger partial charge >= 0.3 is 0 Å². The van der Waals surface area contributed by atoms with Crippen LogP contribution in [0, 0.1) is 0 Å². The molecule has 0 fully saturated rings. The second-order valence-electron chi connectivity index (χ2n) is 4.96. The first kappa shape index (κ1) is 15.9. The molecule has 0 unspecified atom stereocenters. The average molecular weight is 304 g/mol. The van der Waals surface area contributed by atoms with Crippen LogP contribution in [0.4, 0.5) is 0 Å². The third kappa shape index (κ3) is 4.23. The van der Waals surface area contributed by atoms with Gasteiger partial charge in [0.1, 0.15) is 11.5 Å². The molecule has 0 saturated heterocycles. The topological polar surface area (TPSA) is 21.3 Å². The third-order valence-electron chi connectivity index (χ3n) is 3.38. The van der Waals surface area contributed by atoms with E-state index in [0.29, 0.717) is 0 Å². The van der Waals surface area contributed by atoms with Crippen LogP contribution in [-0.4, -0.2) is 6.54 Å². The maximum atomic E-state index is 6.33. The molecule has 0 heterocycles. The molecule has 2 rings (SSSR count). The lowest BCUT2D eigenvalue weighted by Crippen LogP contribution is -2.14. The molecule has 0 aliphatic rings. The van der Waals surface area contributed by atoms with Crippen molar-refractivity contribution in [2.45, 2.75) is 33.2 Å². The summed E-state index contributed by atoms with van der Waals surface area (Å²) in [5.41, 5.74) is 2.21. The van der Waals surface area contributed by atoms with Crippen LogP contribution in [0.25, 0.3) is 0 Å². The first-order valence-corrected chi connectivity index (χ1v) is 7.87. The van der Waals surface area contributed by atoms with Crippen LogP contribution in [0.3, 0.4) is 0 Å². The van der Waals surface area contributed by atoms with Crippen molar-refractivity contribution in [3.8, 4) is 11.5 Å². The molecule has 0 aromatic heterocycles. The fraction of sp³-hybridized carbons (Fsp3) is 0.333. The third-order valence-corrected chi connectivity index (χ3v) is 3.73. The van der Waals surface area contributed by atoms with E-state index in [1.807, 2.05) is 36.4 Å². The Balaban J connectivity index is 2.24. The number of para-hydroxylation sites is 1. The number of benzene rings is 2. The summed E-state index contributed by atoms with van der Waals surface area (Å²) in [6.45, 7) is 5.96. The number of halogens is 1. The molecule has 0 saturated carbocycles. The number of nitrogens with one attached hydrogen (secondary N) is 1. The summed E-state index contributed by atoms with van der Waals surface area (Å²) in [5.74, 6) is 1.73. The van der Waals surface area contributed by atoms with Crippen LogP contribution in [0.15, 0.2) is 42.5 Å². The smallest absolute Gasteiger partial charge is 0.133 e. The number of hydrogen-bond donors (Lipinski definition) is 1. The Bertz CT molecular complexity index is 583. The monoisotopic (exact) mass is 303 g/mol. The molecule has 112 valence electrons. The second kappa shape index (κ2) is 8.06. The van der Waals surface area contributed by atoms with E-state index in [9.17, 15) is 0 Å². The van der Waals surface area contributed by atoms with E-state index in [1.54, 1.807) is 0 Å². The van der Waals surface area contributed by atoms with Crippen LogP contribution in [-0.2, 0) is 13.0 Å². The Morgan fingerprint density at radius 3 is 2.52 bits per heavy atom. The molecule has 0 aliphatic heterocycles. The fourth-order valence-electron chi connectivity index (χ4n) is 2.21. The molecular weight excluding hydrogens is 282 g/mol. The lowest BCUT2D eigenvalue weighted by atomic mass is 10.1. The van der Waals surface area contributed by atoms with Crippen molar-refractivity contribution in [2.75, 3.05) is 6.54 Å². The summed E-state index contributed by atoms with van der Waals surface area (Å²) in [7, 11) is 0. The van der Waals surface area contributed by atoms with E-state index in [2.05, 4.69) is 25.2 Å². The van der Waals surface area contributed by atoms with Gasteiger partial charge < -0.3 is 10.1 Å². The van der Waals surface area contributed by atoms with E-state index in [-0.39, 0.29) is 0 Å². The highest BCUT2D eigenvalue weighted by Gasteiger charge is 2.10. The maximum Gasteiger partial charge on any atom is 0.133 e. The zero-order valence-corrected chi connectivity index (χ0v) is 13.4. The first-order valence-electron chi connectivity index (χ1n) is 7.50. The highest BCUT2D eigenvalue weighted by Crippen LogP contribution is 2.32. The van der Waals surface area contributed by atoms with Gasteiger partial charge in [-0.3, -0.25) is 0 Å². The van der Waals surface area contributed by atoms with Crippen molar-refractivity contribution < 1.29 is 4.74 Å². The SMILES string of the molecule is CCCNCc1c(Cl)cccc1Oc1ccccc1CC. The van der Waals surface area contributed by atoms with Gasteiger partial charge in [0.05, 0.1) is 0 Å². The molecule has 2 nitrogen and oxygen atoms in total. The number of rotatable bonds is 7. The fourth-order valence-corrected chi connectivity index (χ4v) is 2.44. The molecule has 0 bridgehead atoms. The molecule has 0 radical (unpaired) electrons. The summed E-state index contributed by atoms with van der Waals surface area (Å²) in [6.07, 6.45) is 2.04. The first-order chi connectivity index (χ1) is 10.3. The predicted octanol–water partition coefficient (Wildman–Crippen LogP) is 5.19. The minimum atomic E-state index is 0.719. The molecule has 21 heavy (non-hydrogen) atoms. The van der Waals surface area contributed by atoms with Gasteiger partial charge in [-0.25, -0.2) is 0 Å². The largest absolute Gasteiger partial charge is 0.457 e. The van der Waals surface area contributed by atoms with Crippen LogP contribution < -0.4 is 10.1 Å². The molecule has 0 spiro atoms. The normalized spacial score (nSPS) is 10.6. The van der Waals surface area contributed by atoms with Crippen LogP contribution in [0.5, 0.6) is 11.5 Å². The highest BCUT2D eigenvalue weighted by molar-refractivity contribution is 6.31. The van der Waals surface area contributed by atoms with E-state index in [1.165, 1.54) is 5.56 Å². The van der Waals surface area contributed by atoms with Gasteiger partial charge in [-0.05, 0) is 43.1 Å². The standard InChI is InChI=1S/C18H22ClNO/c1-3-12-20-13-15-16(19)9-7-11-18(15)21-17-10-6-5-8-14(17)4-2/h5-11,20H,3-4,12-13H2,1-2H3. The van der Waals surface area contributed by atoms with Crippen molar-refractivity contribution in [3.05, 3.63) is 58.6 Å².